The molecule has 0 radical (unpaired) electrons. The van der Waals surface area contributed by atoms with E-state index in [0.717, 1.165) is 21.7 Å². The highest BCUT2D eigenvalue weighted by Gasteiger charge is 2.24. The van der Waals surface area contributed by atoms with E-state index in [2.05, 4.69) is 0 Å². The Balaban J connectivity index is 1.83. The van der Waals surface area contributed by atoms with Crippen LogP contribution in [0.25, 0.3) is 0 Å². The number of amides is 2. The molecule has 2 amide bonds. The molecule has 180 valence electrons. The molecule has 1 atom stereocenters. The van der Waals surface area contributed by atoms with Crippen LogP contribution in [0.2, 0.25) is 0 Å². The van der Waals surface area contributed by atoms with Gasteiger partial charge in [-0.25, -0.2) is 8.78 Å². The van der Waals surface area contributed by atoms with E-state index in [0.29, 0.717) is 25.2 Å². The van der Waals surface area contributed by atoms with E-state index in [-0.39, 0.29) is 30.1 Å². The number of nitrogens with zero attached hydrogens (tertiary/aromatic N) is 2. The Bertz CT molecular complexity index is 1100. The molecule has 4 nitrogen and oxygen atoms in total. The van der Waals surface area contributed by atoms with Gasteiger partial charge in [0.05, 0.1) is 6.54 Å². The number of halogens is 2. The van der Waals surface area contributed by atoms with Gasteiger partial charge in [0.1, 0.15) is 18.2 Å². The molecule has 0 aliphatic heterocycles. The molecule has 0 N–H and O–H groups in total. The third-order valence-electron chi connectivity index (χ3n) is 5.72. The monoisotopic (exact) mass is 484 g/mol. The largest absolute Gasteiger partial charge is 0.332 e. The first-order valence-electron chi connectivity index (χ1n) is 11.4. The van der Waals surface area contributed by atoms with Crippen molar-refractivity contribution in [3.63, 3.8) is 0 Å². The predicted octanol–water partition coefficient (Wildman–Crippen LogP) is 6.05. The molecule has 0 bridgehead atoms. The molecule has 0 saturated heterocycles. The maximum atomic E-state index is 13.5. The van der Waals surface area contributed by atoms with Crippen LogP contribution in [0.4, 0.5) is 8.78 Å². The quantitative estimate of drug-likeness (QED) is 0.351. The second-order valence-electron chi connectivity index (χ2n) is 8.59. The van der Waals surface area contributed by atoms with Gasteiger partial charge in [-0.05, 0) is 66.9 Å². The summed E-state index contributed by atoms with van der Waals surface area (Å²) >= 11 is 1.61. The number of hydrogen-bond acceptors (Lipinski definition) is 3. The first-order chi connectivity index (χ1) is 16.2. The molecule has 0 fully saturated rings. The highest BCUT2D eigenvalue weighted by atomic mass is 32.1. The van der Waals surface area contributed by atoms with Crippen molar-refractivity contribution in [3.05, 3.63) is 93.2 Å². The van der Waals surface area contributed by atoms with Crippen LogP contribution in [0.15, 0.2) is 60.7 Å². The Morgan fingerprint density at radius 3 is 2.06 bits per heavy atom. The summed E-state index contributed by atoms with van der Waals surface area (Å²) in [7, 11) is 0. The summed E-state index contributed by atoms with van der Waals surface area (Å²) in [6, 6.07) is 15.5. The third kappa shape index (κ3) is 7.22. The molecule has 0 unspecified atom stereocenters. The van der Waals surface area contributed by atoms with Crippen molar-refractivity contribution in [2.24, 2.45) is 5.92 Å². The second-order valence-corrected chi connectivity index (χ2v) is 9.97. The van der Waals surface area contributed by atoms with Crippen LogP contribution < -0.4 is 0 Å². The number of benzene rings is 2. The second kappa shape index (κ2) is 11.9. The van der Waals surface area contributed by atoms with Gasteiger partial charge in [-0.15, -0.1) is 11.3 Å². The van der Waals surface area contributed by atoms with Gasteiger partial charge < -0.3 is 9.80 Å². The zero-order valence-electron chi connectivity index (χ0n) is 19.8. The zero-order valence-corrected chi connectivity index (χ0v) is 20.6. The van der Waals surface area contributed by atoms with Crippen LogP contribution in [-0.2, 0) is 17.9 Å². The molecule has 2 aromatic carbocycles. The first-order valence-corrected chi connectivity index (χ1v) is 12.2. The summed E-state index contributed by atoms with van der Waals surface area (Å²) in [5, 5.41) is 0. The molecule has 3 rings (SSSR count). The molecule has 1 heterocycles. The fourth-order valence-electron chi connectivity index (χ4n) is 3.56. The van der Waals surface area contributed by atoms with Crippen LogP contribution in [-0.4, -0.2) is 34.7 Å². The Kier molecular flexibility index (Phi) is 8.93. The van der Waals surface area contributed by atoms with E-state index in [1.807, 2.05) is 32.9 Å². The van der Waals surface area contributed by atoms with E-state index in [9.17, 15) is 18.4 Å². The fraction of sp³-hybridized carbons (Fsp3) is 0.333. The SMILES string of the molecule is CC[C@@H](C)CN(CC(=O)N(Cc1ccc(F)cc1)Cc1ccc(C)s1)C(=O)c1ccc(F)cc1. The number of carbonyl (C=O) groups excluding carboxylic acids is 2. The summed E-state index contributed by atoms with van der Waals surface area (Å²) in [5.74, 6) is -1.06. The summed E-state index contributed by atoms with van der Waals surface area (Å²) < 4.78 is 26.8. The lowest BCUT2D eigenvalue weighted by Crippen LogP contribution is -2.44. The molecular formula is C27H30F2N2O2S. The molecule has 0 saturated carbocycles. The van der Waals surface area contributed by atoms with Gasteiger partial charge in [-0.3, -0.25) is 9.59 Å². The van der Waals surface area contributed by atoms with Gasteiger partial charge >= 0.3 is 0 Å². The van der Waals surface area contributed by atoms with Gasteiger partial charge in [0.15, 0.2) is 0 Å². The van der Waals surface area contributed by atoms with Crippen molar-refractivity contribution in [2.45, 2.75) is 40.3 Å². The summed E-state index contributed by atoms with van der Waals surface area (Å²) in [6.45, 7) is 7.10. The Labute approximate surface area is 203 Å². The average Bonchev–Trinajstić information content (AvgIpc) is 3.24. The number of aryl methyl sites for hydroxylation is 1. The smallest absolute Gasteiger partial charge is 0.254 e. The van der Waals surface area contributed by atoms with Crippen LogP contribution >= 0.6 is 11.3 Å². The minimum atomic E-state index is -0.419. The highest BCUT2D eigenvalue weighted by molar-refractivity contribution is 7.11. The molecule has 0 spiro atoms. The van der Waals surface area contributed by atoms with E-state index < -0.39 is 5.82 Å². The minimum Gasteiger partial charge on any atom is -0.332 e. The van der Waals surface area contributed by atoms with Gasteiger partial charge in [0.2, 0.25) is 5.91 Å². The summed E-state index contributed by atoms with van der Waals surface area (Å²) in [4.78, 5) is 32.1. The number of carbonyl (C=O) groups is 2. The molecule has 0 aliphatic carbocycles. The molecule has 34 heavy (non-hydrogen) atoms. The van der Waals surface area contributed by atoms with Crippen molar-refractivity contribution in [1.82, 2.24) is 9.80 Å². The maximum Gasteiger partial charge on any atom is 0.254 e. The zero-order chi connectivity index (χ0) is 24.7. The summed E-state index contributed by atoms with van der Waals surface area (Å²) in [6.07, 6.45) is 0.856. The molecular weight excluding hydrogens is 454 g/mol. The number of thiophene rings is 1. The van der Waals surface area contributed by atoms with E-state index in [1.165, 1.54) is 36.4 Å². The highest BCUT2D eigenvalue weighted by Crippen LogP contribution is 2.20. The number of rotatable bonds is 10. The van der Waals surface area contributed by atoms with Crippen LogP contribution in [0.3, 0.4) is 0 Å². The van der Waals surface area contributed by atoms with E-state index in [4.69, 9.17) is 0 Å². The Morgan fingerprint density at radius 2 is 1.50 bits per heavy atom. The molecule has 3 aromatic rings. The first kappa shape index (κ1) is 25.6. The molecule has 7 heteroatoms. The summed E-state index contributed by atoms with van der Waals surface area (Å²) in [5.41, 5.74) is 1.15. The topological polar surface area (TPSA) is 40.6 Å². The molecule has 1 aromatic heterocycles. The van der Waals surface area contributed by atoms with Crippen molar-refractivity contribution in [3.8, 4) is 0 Å². The van der Waals surface area contributed by atoms with Crippen LogP contribution in [0.5, 0.6) is 0 Å². The van der Waals surface area contributed by atoms with Gasteiger partial charge in [0, 0.05) is 28.4 Å². The Morgan fingerprint density at radius 1 is 0.882 bits per heavy atom. The average molecular weight is 485 g/mol. The standard InChI is InChI=1S/C27H30F2N2O2S/c1-4-19(2)15-31(27(33)22-8-12-24(29)13-9-22)18-26(32)30(17-25-14-5-20(3)34-25)16-21-6-10-23(28)11-7-21/h5-14,19H,4,15-18H2,1-3H3/t19-/m1/s1. The lowest BCUT2D eigenvalue weighted by Gasteiger charge is -2.29. The van der Waals surface area contributed by atoms with Gasteiger partial charge in [0.25, 0.3) is 5.91 Å². The number of hydrogen-bond donors (Lipinski definition) is 0. The lowest BCUT2D eigenvalue weighted by atomic mass is 10.1. The van der Waals surface area contributed by atoms with Crippen molar-refractivity contribution in [2.75, 3.05) is 13.1 Å². The van der Waals surface area contributed by atoms with Crippen molar-refractivity contribution >= 4 is 23.2 Å². The van der Waals surface area contributed by atoms with Crippen LogP contribution in [0, 0.1) is 24.5 Å². The van der Waals surface area contributed by atoms with E-state index in [1.54, 1.807) is 33.3 Å². The predicted molar refractivity (Wildman–Crippen MR) is 131 cm³/mol. The van der Waals surface area contributed by atoms with Gasteiger partial charge in [-0.1, -0.05) is 32.4 Å². The van der Waals surface area contributed by atoms with Crippen molar-refractivity contribution in [1.29, 1.82) is 0 Å². The Hall–Kier alpha value is -3.06. The van der Waals surface area contributed by atoms with E-state index >= 15 is 0 Å². The molecule has 0 aliphatic rings. The van der Waals surface area contributed by atoms with Crippen molar-refractivity contribution < 1.29 is 18.4 Å². The van der Waals surface area contributed by atoms with Gasteiger partial charge in [-0.2, -0.15) is 0 Å². The normalized spacial score (nSPS) is 11.8. The van der Waals surface area contributed by atoms with Crippen LogP contribution in [0.1, 0.15) is 45.9 Å². The third-order valence-corrected chi connectivity index (χ3v) is 6.70. The maximum absolute atomic E-state index is 13.5. The lowest BCUT2D eigenvalue weighted by molar-refractivity contribution is -0.133. The fourth-order valence-corrected chi connectivity index (χ4v) is 4.47. The minimum absolute atomic E-state index is 0.0912.